The smallest absolute Gasteiger partial charge is 0.347 e. The Balaban J connectivity index is 1.36. The van der Waals surface area contributed by atoms with Crippen molar-refractivity contribution < 1.29 is 33.6 Å². The maximum absolute atomic E-state index is 13.2. The van der Waals surface area contributed by atoms with Crippen LogP contribution in [0.4, 0.5) is 0 Å². The topological polar surface area (TPSA) is 91.3 Å². The normalized spacial score (nSPS) is 20.5. The molecular weight excluding hydrogens is 448 g/mol. The van der Waals surface area contributed by atoms with Crippen LogP contribution in [0, 0.1) is 0 Å². The molecule has 1 saturated heterocycles. The van der Waals surface area contributed by atoms with Crippen LogP contribution in [0.15, 0.2) is 84.9 Å². The van der Waals surface area contributed by atoms with E-state index in [0.717, 1.165) is 11.1 Å². The summed E-state index contributed by atoms with van der Waals surface area (Å²) in [6.07, 6.45) is -2.68. The fourth-order valence-corrected chi connectivity index (χ4v) is 3.95. The van der Waals surface area contributed by atoms with Crippen molar-refractivity contribution in [2.24, 2.45) is 0 Å². The number of hydrogen-bond acceptors (Lipinski definition) is 7. The summed E-state index contributed by atoms with van der Waals surface area (Å²) in [6.45, 7) is 0.533. The Bertz CT molecular complexity index is 1120. The predicted octanol–water partition coefficient (Wildman–Crippen LogP) is 3.27. The second-order valence-corrected chi connectivity index (χ2v) is 8.38. The molecule has 0 unspecified atom stereocenters. The van der Waals surface area contributed by atoms with Crippen molar-refractivity contribution in [2.75, 3.05) is 13.7 Å². The Kier molecular flexibility index (Phi) is 7.92. The standard InChI is InChI=1S/C28H28O7/c1-32-28(16-20-12-14-23(15-13-20)34-18-22-10-6-3-7-11-22)26(30)25(35-27(28)31)24(29)19-33-17-21-8-4-2-5-9-21/h2-15,24-25,29H,16-19H2,1H3/t24-,25+,28+/m0/s1. The van der Waals surface area contributed by atoms with E-state index in [0.29, 0.717) is 17.9 Å². The number of rotatable bonds is 11. The zero-order chi connectivity index (χ0) is 24.7. The van der Waals surface area contributed by atoms with Crippen LogP contribution in [-0.4, -0.2) is 48.4 Å². The molecule has 7 heteroatoms. The predicted molar refractivity (Wildman–Crippen MR) is 128 cm³/mol. The fraction of sp³-hybridized carbons (Fsp3) is 0.286. The molecular formula is C28H28O7. The van der Waals surface area contributed by atoms with E-state index >= 15 is 0 Å². The average molecular weight is 477 g/mol. The molecule has 0 aliphatic carbocycles. The summed E-state index contributed by atoms with van der Waals surface area (Å²) >= 11 is 0. The van der Waals surface area contributed by atoms with Crippen molar-refractivity contribution >= 4 is 11.8 Å². The summed E-state index contributed by atoms with van der Waals surface area (Å²) in [4.78, 5) is 25.9. The van der Waals surface area contributed by atoms with Gasteiger partial charge in [-0.25, -0.2) is 4.79 Å². The first kappa shape index (κ1) is 24.6. The molecule has 1 aliphatic rings. The van der Waals surface area contributed by atoms with Crippen LogP contribution in [-0.2, 0) is 43.4 Å². The SMILES string of the molecule is CO[C@@]1(Cc2ccc(OCc3ccccc3)cc2)C(=O)O[C@H]([C@@H](O)COCc2ccccc2)C1=O. The highest BCUT2D eigenvalue weighted by Gasteiger charge is 2.59. The van der Waals surface area contributed by atoms with Gasteiger partial charge in [0, 0.05) is 13.5 Å². The number of hydrogen-bond donors (Lipinski definition) is 1. The molecule has 0 amide bonds. The van der Waals surface area contributed by atoms with E-state index in [1.165, 1.54) is 7.11 Å². The molecule has 1 fully saturated rings. The van der Waals surface area contributed by atoms with Crippen LogP contribution in [0.3, 0.4) is 0 Å². The van der Waals surface area contributed by atoms with Crippen LogP contribution >= 0.6 is 0 Å². The number of benzene rings is 3. The maximum atomic E-state index is 13.2. The minimum absolute atomic E-state index is 0.0196. The third-order valence-corrected chi connectivity index (χ3v) is 5.94. The molecule has 0 saturated carbocycles. The van der Waals surface area contributed by atoms with Gasteiger partial charge in [0.1, 0.15) is 18.5 Å². The zero-order valence-electron chi connectivity index (χ0n) is 19.5. The number of carbonyl (C=O) groups excluding carboxylic acids is 2. The molecule has 0 spiro atoms. The summed E-state index contributed by atoms with van der Waals surface area (Å²) in [7, 11) is 1.29. The Morgan fingerprint density at radius 2 is 1.46 bits per heavy atom. The highest BCUT2D eigenvalue weighted by molar-refractivity contribution is 6.14. The third kappa shape index (κ3) is 5.77. The van der Waals surface area contributed by atoms with Gasteiger partial charge in [-0.15, -0.1) is 0 Å². The molecule has 3 atom stereocenters. The van der Waals surface area contributed by atoms with Gasteiger partial charge in [-0.05, 0) is 28.8 Å². The molecule has 3 aromatic rings. The molecule has 1 aliphatic heterocycles. The van der Waals surface area contributed by atoms with Crippen LogP contribution in [0.1, 0.15) is 16.7 Å². The number of Topliss-reactive ketones (excluding diaryl/α,β-unsaturated/α-hetero) is 1. The number of ketones is 1. The van der Waals surface area contributed by atoms with Crippen LogP contribution in [0.25, 0.3) is 0 Å². The van der Waals surface area contributed by atoms with Crippen molar-refractivity contribution in [2.45, 2.75) is 37.4 Å². The lowest BCUT2D eigenvalue weighted by atomic mass is 9.88. The second-order valence-electron chi connectivity index (χ2n) is 8.38. The lowest BCUT2D eigenvalue weighted by molar-refractivity contribution is -0.160. The lowest BCUT2D eigenvalue weighted by Gasteiger charge is -2.22. The summed E-state index contributed by atoms with van der Waals surface area (Å²) in [5.41, 5.74) is 0.848. The molecule has 4 rings (SSSR count). The van der Waals surface area contributed by atoms with Crippen molar-refractivity contribution in [1.82, 2.24) is 0 Å². The van der Waals surface area contributed by atoms with Gasteiger partial charge >= 0.3 is 5.97 Å². The van der Waals surface area contributed by atoms with Crippen molar-refractivity contribution in [3.05, 3.63) is 102 Å². The first-order valence-electron chi connectivity index (χ1n) is 11.4. The Hall–Kier alpha value is -3.52. The molecule has 1 heterocycles. The minimum Gasteiger partial charge on any atom is -0.489 e. The molecule has 0 radical (unpaired) electrons. The van der Waals surface area contributed by atoms with E-state index < -0.39 is 29.6 Å². The molecule has 0 aromatic heterocycles. The summed E-state index contributed by atoms with van der Waals surface area (Å²) in [6, 6.07) is 26.3. The highest BCUT2D eigenvalue weighted by Crippen LogP contribution is 2.31. The van der Waals surface area contributed by atoms with Crippen molar-refractivity contribution in [3.63, 3.8) is 0 Å². The number of esters is 1. The zero-order valence-corrected chi connectivity index (χ0v) is 19.5. The number of aliphatic hydroxyl groups excluding tert-OH is 1. The monoisotopic (exact) mass is 476 g/mol. The summed E-state index contributed by atoms with van der Waals surface area (Å²) in [5, 5.41) is 10.5. The largest absolute Gasteiger partial charge is 0.489 e. The van der Waals surface area contributed by atoms with Gasteiger partial charge in [0.25, 0.3) is 0 Å². The van der Waals surface area contributed by atoms with Crippen LogP contribution < -0.4 is 4.74 Å². The summed E-state index contributed by atoms with van der Waals surface area (Å²) < 4.78 is 22.0. The first-order valence-corrected chi connectivity index (χ1v) is 11.4. The third-order valence-electron chi connectivity index (χ3n) is 5.94. The molecule has 0 bridgehead atoms. The van der Waals surface area contributed by atoms with E-state index in [1.54, 1.807) is 24.3 Å². The van der Waals surface area contributed by atoms with Crippen molar-refractivity contribution in [1.29, 1.82) is 0 Å². The van der Waals surface area contributed by atoms with Gasteiger partial charge in [0.05, 0.1) is 13.2 Å². The Morgan fingerprint density at radius 3 is 2.06 bits per heavy atom. The van der Waals surface area contributed by atoms with Gasteiger partial charge in [-0.3, -0.25) is 4.79 Å². The van der Waals surface area contributed by atoms with Crippen LogP contribution in [0.2, 0.25) is 0 Å². The maximum Gasteiger partial charge on any atom is 0.347 e. The average Bonchev–Trinajstić information content (AvgIpc) is 3.14. The van der Waals surface area contributed by atoms with Gasteiger partial charge in [0.2, 0.25) is 11.4 Å². The van der Waals surface area contributed by atoms with E-state index in [2.05, 4.69) is 0 Å². The van der Waals surface area contributed by atoms with Gasteiger partial charge in [-0.2, -0.15) is 0 Å². The van der Waals surface area contributed by atoms with E-state index in [1.807, 2.05) is 60.7 Å². The molecule has 182 valence electrons. The van der Waals surface area contributed by atoms with Gasteiger partial charge in [-0.1, -0.05) is 72.8 Å². The van der Waals surface area contributed by atoms with Gasteiger partial charge < -0.3 is 24.1 Å². The molecule has 35 heavy (non-hydrogen) atoms. The molecule has 1 N–H and O–H groups in total. The highest BCUT2D eigenvalue weighted by atomic mass is 16.6. The quantitative estimate of drug-likeness (QED) is 0.336. The lowest BCUT2D eigenvalue weighted by Crippen LogP contribution is -2.48. The number of aliphatic hydroxyl groups is 1. The Morgan fingerprint density at radius 1 is 0.857 bits per heavy atom. The number of carbonyl (C=O) groups is 2. The second kappa shape index (κ2) is 11.3. The number of cyclic esters (lactones) is 1. The molecule has 3 aromatic carbocycles. The van der Waals surface area contributed by atoms with Gasteiger partial charge in [0.15, 0.2) is 6.10 Å². The van der Waals surface area contributed by atoms with E-state index in [-0.39, 0.29) is 19.6 Å². The minimum atomic E-state index is -1.82. The first-order chi connectivity index (χ1) is 17.0. The summed E-state index contributed by atoms with van der Waals surface area (Å²) in [5.74, 6) is -0.778. The van der Waals surface area contributed by atoms with Crippen molar-refractivity contribution in [3.8, 4) is 5.75 Å². The fourth-order valence-electron chi connectivity index (χ4n) is 3.95. The van der Waals surface area contributed by atoms with Crippen LogP contribution in [0.5, 0.6) is 5.75 Å². The van der Waals surface area contributed by atoms with E-state index in [9.17, 15) is 14.7 Å². The molecule has 7 nitrogen and oxygen atoms in total. The Labute approximate surface area is 204 Å². The number of ether oxygens (including phenoxy) is 4. The number of methoxy groups -OCH3 is 1. The van der Waals surface area contributed by atoms with E-state index in [4.69, 9.17) is 18.9 Å².